The number of nitrogens with one attached hydrogen (secondary N) is 2. The van der Waals surface area contributed by atoms with Gasteiger partial charge in [-0.2, -0.15) is 0 Å². The molecule has 0 saturated carbocycles. The van der Waals surface area contributed by atoms with E-state index in [1.807, 2.05) is 62.4 Å². The van der Waals surface area contributed by atoms with Crippen LogP contribution in [0, 0.1) is 5.92 Å². The first kappa shape index (κ1) is 14.9. The number of anilines is 3. The summed E-state index contributed by atoms with van der Waals surface area (Å²) in [5.74, 6) is 0.770. The number of carbonyl (C=O) groups excluding carboxylic acids is 1. The summed E-state index contributed by atoms with van der Waals surface area (Å²) in [6.45, 7) is 3.74. The number of benzene rings is 2. The third kappa shape index (κ3) is 3.99. The van der Waals surface area contributed by atoms with E-state index in [0.29, 0.717) is 0 Å². The molecule has 0 radical (unpaired) electrons. The van der Waals surface area contributed by atoms with Crippen LogP contribution in [0.2, 0.25) is 0 Å². The Morgan fingerprint density at radius 1 is 1.00 bits per heavy atom. The number of hydrogen-bond donors (Lipinski definition) is 2. The second kappa shape index (κ2) is 6.79. The number of para-hydroxylation sites is 2. The monoisotopic (exact) mass is 284 g/mol. The first-order valence-electron chi connectivity index (χ1n) is 6.91. The minimum absolute atomic E-state index is 0.0143. The fourth-order valence-corrected chi connectivity index (χ4v) is 1.83. The van der Waals surface area contributed by atoms with Crippen LogP contribution in [0.5, 0.6) is 5.75 Å². The molecular formula is C17H20N2O2. The summed E-state index contributed by atoms with van der Waals surface area (Å²) >= 11 is 0. The van der Waals surface area contributed by atoms with Crippen molar-refractivity contribution in [3.63, 3.8) is 0 Å². The van der Waals surface area contributed by atoms with Gasteiger partial charge in [0, 0.05) is 17.3 Å². The summed E-state index contributed by atoms with van der Waals surface area (Å²) < 4.78 is 5.30. The topological polar surface area (TPSA) is 50.4 Å². The Morgan fingerprint density at radius 2 is 1.62 bits per heavy atom. The summed E-state index contributed by atoms with van der Waals surface area (Å²) in [7, 11) is 1.64. The van der Waals surface area contributed by atoms with E-state index >= 15 is 0 Å². The van der Waals surface area contributed by atoms with Crippen molar-refractivity contribution in [2.24, 2.45) is 5.92 Å². The molecule has 21 heavy (non-hydrogen) atoms. The van der Waals surface area contributed by atoms with Crippen molar-refractivity contribution in [3.8, 4) is 5.75 Å². The Kier molecular flexibility index (Phi) is 4.82. The Morgan fingerprint density at radius 3 is 2.24 bits per heavy atom. The molecule has 0 aliphatic rings. The molecular weight excluding hydrogens is 264 g/mol. The molecule has 0 bridgehead atoms. The molecule has 0 heterocycles. The highest BCUT2D eigenvalue weighted by Crippen LogP contribution is 2.27. The van der Waals surface area contributed by atoms with Gasteiger partial charge in [0.15, 0.2) is 0 Å². The van der Waals surface area contributed by atoms with Gasteiger partial charge in [-0.1, -0.05) is 26.0 Å². The second-order valence-corrected chi connectivity index (χ2v) is 5.05. The highest BCUT2D eigenvalue weighted by molar-refractivity contribution is 5.92. The molecule has 0 spiro atoms. The van der Waals surface area contributed by atoms with Gasteiger partial charge in [-0.3, -0.25) is 4.79 Å². The molecule has 0 saturated heterocycles. The molecule has 0 aliphatic carbocycles. The molecule has 4 nitrogen and oxygen atoms in total. The van der Waals surface area contributed by atoms with E-state index in [0.717, 1.165) is 22.8 Å². The van der Waals surface area contributed by atoms with Crippen LogP contribution in [0.25, 0.3) is 0 Å². The van der Waals surface area contributed by atoms with E-state index in [4.69, 9.17) is 4.74 Å². The van der Waals surface area contributed by atoms with E-state index in [1.165, 1.54) is 0 Å². The van der Waals surface area contributed by atoms with Crippen molar-refractivity contribution in [2.45, 2.75) is 13.8 Å². The van der Waals surface area contributed by atoms with Crippen molar-refractivity contribution >= 4 is 23.0 Å². The zero-order valence-corrected chi connectivity index (χ0v) is 12.5. The van der Waals surface area contributed by atoms with E-state index < -0.39 is 0 Å². The normalized spacial score (nSPS) is 10.3. The lowest BCUT2D eigenvalue weighted by molar-refractivity contribution is -0.118. The number of amides is 1. The van der Waals surface area contributed by atoms with Gasteiger partial charge in [-0.15, -0.1) is 0 Å². The number of rotatable bonds is 5. The van der Waals surface area contributed by atoms with Crippen LogP contribution in [-0.4, -0.2) is 13.0 Å². The number of hydrogen-bond acceptors (Lipinski definition) is 3. The molecule has 0 unspecified atom stereocenters. The summed E-state index contributed by atoms with van der Waals surface area (Å²) in [6, 6.07) is 15.3. The summed E-state index contributed by atoms with van der Waals surface area (Å²) in [5, 5.41) is 6.15. The smallest absolute Gasteiger partial charge is 0.226 e. The molecule has 1 amide bonds. The molecule has 0 aliphatic heterocycles. The average Bonchev–Trinajstić information content (AvgIpc) is 2.49. The van der Waals surface area contributed by atoms with Gasteiger partial charge in [-0.25, -0.2) is 0 Å². The fraction of sp³-hybridized carbons (Fsp3) is 0.235. The Balaban J connectivity index is 2.07. The first-order chi connectivity index (χ1) is 10.1. The number of carbonyl (C=O) groups is 1. The molecule has 2 aromatic carbocycles. The summed E-state index contributed by atoms with van der Waals surface area (Å²) in [5.41, 5.74) is 2.63. The third-order valence-corrected chi connectivity index (χ3v) is 3.06. The molecule has 110 valence electrons. The van der Waals surface area contributed by atoms with Crippen molar-refractivity contribution in [1.82, 2.24) is 0 Å². The Labute approximate surface area is 125 Å². The van der Waals surface area contributed by atoms with Gasteiger partial charge in [0.2, 0.25) is 5.91 Å². The molecule has 2 aromatic rings. The molecule has 0 fully saturated rings. The third-order valence-electron chi connectivity index (χ3n) is 3.06. The van der Waals surface area contributed by atoms with Crippen molar-refractivity contribution in [2.75, 3.05) is 17.7 Å². The minimum Gasteiger partial charge on any atom is -0.495 e. The van der Waals surface area contributed by atoms with E-state index in [2.05, 4.69) is 10.6 Å². The Hall–Kier alpha value is -2.49. The Bertz CT molecular complexity index is 606. The number of ether oxygens (including phenoxy) is 1. The quantitative estimate of drug-likeness (QED) is 0.871. The molecule has 2 rings (SSSR count). The largest absolute Gasteiger partial charge is 0.495 e. The summed E-state index contributed by atoms with van der Waals surface area (Å²) in [4.78, 5) is 11.6. The van der Waals surface area contributed by atoms with Gasteiger partial charge in [0.1, 0.15) is 5.75 Å². The fourth-order valence-electron chi connectivity index (χ4n) is 1.83. The van der Waals surface area contributed by atoms with Crippen LogP contribution in [0.3, 0.4) is 0 Å². The molecule has 0 aromatic heterocycles. The average molecular weight is 284 g/mol. The molecule has 4 heteroatoms. The second-order valence-electron chi connectivity index (χ2n) is 5.05. The van der Waals surface area contributed by atoms with Gasteiger partial charge in [-0.05, 0) is 36.4 Å². The van der Waals surface area contributed by atoms with Crippen molar-refractivity contribution in [3.05, 3.63) is 48.5 Å². The van der Waals surface area contributed by atoms with Crippen LogP contribution in [0.1, 0.15) is 13.8 Å². The number of methoxy groups -OCH3 is 1. The van der Waals surface area contributed by atoms with Crippen molar-refractivity contribution in [1.29, 1.82) is 0 Å². The van der Waals surface area contributed by atoms with Gasteiger partial charge >= 0.3 is 0 Å². The first-order valence-corrected chi connectivity index (χ1v) is 6.91. The minimum atomic E-state index is -0.0311. The van der Waals surface area contributed by atoms with E-state index in [-0.39, 0.29) is 11.8 Å². The lowest BCUT2D eigenvalue weighted by Gasteiger charge is -2.12. The maximum Gasteiger partial charge on any atom is 0.226 e. The van der Waals surface area contributed by atoms with Gasteiger partial charge in [0.25, 0.3) is 0 Å². The van der Waals surface area contributed by atoms with Crippen LogP contribution >= 0.6 is 0 Å². The zero-order chi connectivity index (χ0) is 15.2. The zero-order valence-electron chi connectivity index (χ0n) is 12.5. The van der Waals surface area contributed by atoms with Crippen LogP contribution in [-0.2, 0) is 4.79 Å². The maximum atomic E-state index is 11.6. The van der Waals surface area contributed by atoms with Crippen LogP contribution in [0.4, 0.5) is 17.1 Å². The SMILES string of the molecule is COc1ccccc1Nc1ccc(NC(=O)C(C)C)cc1. The highest BCUT2D eigenvalue weighted by atomic mass is 16.5. The standard InChI is InChI=1S/C17H20N2O2/c1-12(2)17(20)19-14-10-8-13(9-11-14)18-15-6-4-5-7-16(15)21-3/h4-12,18H,1-3H3,(H,19,20). The molecule has 0 atom stereocenters. The maximum absolute atomic E-state index is 11.6. The van der Waals surface area contributed by atoms with Gasteiger partial charge in [0.05, 0.1) is 12.8 Å². The van der Waals surface area contributed by atoms with E-state index in [1.54, 1.807) is 7.11 Å². The predicted molar refractivity (Wildman–Crippen MR) is 86.2 cm³/mol. The lowest BCUT2D eigenvalue weighted by atomic mass is 10.2. The van der Waals surface area contributed by atoms with E-state index in [9.17, 15) is 4.79 Å². The van der Waals surface area contributed by atoms with Crippen molar-refractivity contribution < 1.29 is 9.53 Å². The summed E-state index contributed by atoms with van der Waals surface area (Å²) in [6.07, 6.45) is 0. The highest BCUT2D eigenvalue weighted by Gasteiger charge is 2.07. The lowest BCUT2D eigenvalue weighted by Crippen LogP contribution is -2.17. The van der Waals surface area contributed by atoms with Crippen LogP contribution < -0.4 is 15.4 Å². The van der Waals surface area contributed by atoms with Gasteiger partial charge < -0.3 is 15.4 Å². The predicted octanol–water partition coefficient (Wildman–Crippen LogP) is 4.03. The molecule has 2 N–H and O–H groups in total. The van der Waals surface area contributed by atoms with Crippen LogP contribution in [0.15, 0.2) is 48.5 Å².